The van der Waals surface area contributed by atoms with Crippen LogP contribution in [0.1, 0.15) is 43.2 Å². The molecule has 4 nitrogen and oxygen atoms in total. The molecule has 2 heterocycles. The minimum Gasteiger partial charge on any atom is -0.493 e. The van der Waals surface area contributed by atoms with Crippen LogP contribution in [0.4, 0.5) is 0 Å². The van der Waals surface area contributed by atoms with Gasteiger partial charge in [-0.05, 0) is 60.8 Å². The second-order valence-corrected chi connectivity index (χ2v) is 8.99. The van der Waals surface area contributed by atoms with Gasteiger partial charge in [-0.2, -0.15) is 0 Å². The predicted molar refractivity (Wildman–Crippen MR) is 100 cm³/mol. The van der Waals surface area contributed by atoms with Crippen LogP contribution in [0.5, 0.6) is 5.75 Å². The summed E-state index contributed by atoms with van der Waals surface area (Å²) in [4.78, 5) is 16.5. The Kier molecular flexibility index (Phi) is 4.39. The van der Waals surface area contributed by atoms with E-state index in [4.69, 9.17) is 4.74 Å². The fourth-order valence-electron chi connectivity index (χ4n) is 5.87. The lowest BCUT2D eigenvalue weighted by atomic mass is 9.86. The molecule has 5 rings (SSSR count). The number of nitrogens with zero attached hydrogens (tertiary/aromatic N) is 1. The van der Waals surface area contributed by atoms with Gasteiger partial charge in [0.2, 0.25) is 5.91 Å². The lowest BCUT2D eigenvalue weighted by Crippen LogP contribution is -3.13. The Bertz CT molecular complexity index is 681. The third kappa shape index (κ3) is 3.24. The molecule has 0 spiro atoms. The van der Waals surface area contributed by atoms with Crippen molar-refractivity contribution in [3.8, 4) is 5.75 Å². The van der Waals surface area contributed by atoms with E-state index in [-0.39, 0.29) is 0 Å². The molecule has 2 aliphatic heterocycles. The zero-order valence-electron chi connectivity index (χ0n) is 15.7. The molecule has 1 saturated heterocycles. The van der Waals surface area contributed by atoms with Crippen LogP contribution in [0.3, 0.4) is 0 Å². The van der Waals surface area contributed by atoms with Crippen molar-refractivity contribution in [2.75, 3.05) is 32.8 Å². The van der Waals surface area contributed by atoms with Crippen LogP contribution >= 0.6 is 0 Å². The Labute approximate surface area is 156 Å². The molecule has 140 valence electrons. The summed E-state index contributed by atoms with van der Waals surface area (Å²) in [6.07, 6.45) is 7.40. The summed E-state index contributed by atoms with van der Waals surface area (Å²) in [5.74, 6) is 3.99. The molecule has 26 heavy (non-hydrogen) atoms. The smallest absolute Gasteiger partial charge is 0.223 e. The van der Waals surface area contributed by atoms with Crippen molar-refractivity contribution in [3.63, 3.8) is 0 Å². The quantitative estimate of drug-likeness (QED) is 0.892. The number of carbonyl (C=O) groups excluding carboxylic acids is 1. The first kappa shape index (κ1) is 16.6. The molecule has 0 unspecified atom stereocenters. The van der Waals surface area contributed by atoms with E-state index in [1.54, 1.807) is 4.90 Å². The van der Waals surface area contributed by atoms with Gasteiger partial charge < -0.3 is 14.5 Å². The number of carbonyl (C=O) groups is 1. The molecule has 0 radical (unpaired) electrons. The maximum atomic E-state index is 12.7. The first-order valence-electron chi connectivity index (χ1n) is 10.6. The average molecular weight is 356 g/mol. The van der Waals surface area contributed by atoms with Gasteiger partial charge >= 0.3 is 0 Å². The number of quaternary nitrogens is 1. The summed E-state index contributed by atoms with van der Waals surface area (Å²) >= 11 is 0. The molecule has 2 bridgehead atoms. The van der Waals surface area contributed by atoms with E-state index in [1.165, 1.54) is 36.8 Å². The van der Waals surface area contributed by atoms with Gasteiger partial charge in [0.25, 0.3) is 0 Å². The normalized spacial score (nSPS) is 30.5. The molecule has 3 fully saturated rings. The number of hydrogen-bond donors (Lipinski definition) is 1. The first-order valence-corrected chi connectivity index (χ1v) is 10.6. The van der Waals surface area contributed by atoms with Gasteiger partial charge in [-0.1, -0.05) is 6.42 Å². The number of hydrogen-bond acceptors (Lipinski definition) is 2. The van der Waals surface area contributed by atoms with Gasteiger partial charge in [0.15, 0.2) is 0 Å². The highest BCUT2D eigenvalue weighted by Crippen LogP contribution is 2.49. The second kappa shape index (κ2) is 6.88. The summed E-state index contributed by atoms with van der Waals surface area (Å²) in [6.45, 7) is 5.93. The molecule has 2 saturated carbocycles. The minimum atomic E-state index is 0.427. The topological polar surface area (TPSA) is 34.0 Å². The van der Waals surface area contributed by atoms with E-state index in [0.29, 0.717) is 11.8 Å². The van der Waals surface area contributed by atoms with E-state index in [1.807, 2.05) is 0 Å². The minimum absolute atomic E-state index is 0.427. The van der Waals surface area contributed by atoms with E-state index in [2.05, 4.69) is 23.1 Å². The van der Waals surface area contributed by atoms with Crippen molar-refractivity contribution in [1.29, 1.82) is 0 Å². The summed E-state index contributed by atoms with van der Waals surface area (Å²) < 4.78 is 5.61. The highest BCUT2D eigenvalue weighted by Gasteiger charge is 2.40. The molecular weight excluding hydrogens is 324 g/mol. The highest BCUT2D eigenvalue weighted by atomic mass is 16.5. The van der Waals surface area contributed by atoms with Crippen LogP contribution in [0, 0.1) is 17.8 Å². The molecule has 4 heteroatoms. The molecule has 4 aliphatic rings. The Morgan fingerprint density at radius 2 is 2.08 bits per heavy atom. The van der Waals surface area contributed by atoms with Gasteiger partial charge in [0, 0.05) is 18.4 Å². The van der Waals surface area contributed by atoms with Gasteiger partial charge in [-0.25, -0.2) is 0 Å². The van der Waals surface area contributed by atoms with Crippen LogP contribution in [0.25, 0.3) is 0 Å². The number of nitrogens with one attached hydrogen (secondary N) is 1. The molecule has 2 aliphatic carbocycles. The van der Waals surface area contributed by atoms with Crippen LogP contribution in [-0.4, -0.2) is 43.6 Å². The van der Waals surface area contributed by atoms with Crippen molar-refractivity contribution in [2.24, 2.45) is 17.8 Å². The fraction of sp³-hybridized carbons (Fsp3) is 0.682. The number of ether oxygens (including phenoxy) is 1. The van der Waals surface area contributed by atoms with Crippen molar-refractivity contribution < 1.29 is 14.4 Å². The monoisotopic (exact) mass is 355 g/mol. The molecule has 1 aromatic rings. The van der Waals surface area contributed by atoms with Crippen molar-refractivity contribution in [1.82, 2.24) is 4.90 Å². The summed E-state index contributed by atoms with van der Waals surface area (Å²) in [7, 11) is 0. The maximum Gasteiger partial charge on any atom is 0.223 e. The Balaban J connectivity index is 1.11. The van der Waals surface area contributed by atoms with Crippen molar-refractivity contribution >= 4 is 5.91 Å². The second-order valence-electron chi connectivity index (χ2n) is 8.99. The van der Waals surface area contributed by atoms with E-state index >= 15 is 0 Å². The molecule has 1 aromatic carbocycles. The number of rotatable bonds is 4. The van der Waals surface area contributed by atoms with E-state index in [9.17, 15) is 4.79 Å². The molecule has 3 atom stereocenters. The van der Waals surface area contributed by atoms with Crippen LogP contribution < -0.4 is 9.64 Å². The SMILES string of the molecule is O=C(C[C@H]1C[C@@H]2CC[C@@H]1C2)N1CC[NH+](Cc2ccc3c(c2)CCO3)CC1. The summed E-state index contributed by atoms with van der Waals surface area (Å²) in [6, 6.07) is 6.66. The van der Waals surface area contributed by atoms with Gasteiger partial charge in [-0.15, -0.1) is 0 Å². The Morgan fingerprint density at radius 3 is 2.85 bits per heavy atom. The fourth-order valence-corrected chi connectivity index (χ4v) is 5.87. The van der Waals surface area contributed by atoms with E-state index in [0.717, 1.165) is 69.8 Å². The lowest BCUT2D eigenvalue weighted by Gasteiger charge is -2.33. The molecule has 1 amide bonds. The summed E-state index contributed by atoms with van der Waals surface area (Å²) in [5, 5.41) is 0. The van der Waals surface area contributed by atoms with Crippen LogP contribution in [0.2, 0.25) is 0 Å². The standard InChI is InChI=1S/C22H30N2O2/c25-22(14-20-12-16-1-3-18(20)11-16)24-8-6-23(7-9-24)15-17-2-4-21-19(13-17)5-10-26-21/h2,4,13,16,18,20H,1,3,5-12,14-15H2/p+1/t16-,18-,20-/m1/s1. The first-order chi connectivity index (χ1) is 12.7. The largest absolute Gasteiger partial charge is 0.493 e. The number of piperazine rings is 1. The summed E-state index contributed by atoms with van der Waals surface area (Å²) in [5.41, 5.74) is 2.77. The van der Waals surface area contributed by atoms with E-state index < -0.39 is 0 Å². The van der Waals surface area contributed by atoms with Crippen molar-refractivity contribution in [2.45, 2.75) is 45.1 Å². The number of benzene rings is 1. The Morgan fingerprint density at radius 1 is 1.19 bits per heavy atom. The number of amides is 1. The third-order valence-corrected chi connectivity index (χ3v) is 7.35. The van der Waals surface area contributed by atoms with Gasteiger partial charge in [0.1, 0.15) is 12.3 Å². The zero-order chi connectivity index (χ0) is 17.5. The average Bonchev–Trinajstić information content (AvgIpc) is 3.38. The molecule has 1 N–H and O–H groups in total. The zero-order valence-corrected chi connectivity index (χ0v) is 15.7. The molecular formula is C22H31N2O2+. The predicted octanol–water partition coefficient (Wildman–Crippen LogP) is 1.67. The van der Waals surface area contributed by atoms with Crippen LogP contribution in [0.15, 0.2) is 18.2 Å². The van der Waals surface area contributed by atoms with Gasteiger partial charge in [0.05, 0.1) is 32.8 Å². The third-order valence-electron chi connectivity index (χ3n) is 7.35. The lowest BCUT2D eigenvalue weighted by molar-refractivity contribution is -0.917. The molecule has 0 aromatic heterocycles. The van der Waals surface area contributed by atoms with Crippen molar-refractivity contribution in [3.05, 3.63) is 29.3 Å². The van der Waals surface area contributed by atoms with Crippen LogP contribution in [-0.2, 0) is 17.8 Å². The highest BCUT2D eigenvalue weighted by molar-refractivity contribution is 5.76. The maximum absolute atomic E-state index is 12.7. The van der Waals surface area contributed by atoms with Gasteiger partial charge in [-0.3, -0.25) is 4.79 Å². The Hall–Kier alpha value is -1.55. The number of fused-ring (bicyclic) bond motifs is 3.